The lowest BCUT2D eigenvalue weighted by Crippen LogP contribution is -2.39. The Balaban J connectivity index is 2.71. The zero-order valence-electron chi connectivity index (χ0n) is 8.90. The first-order valence-electron chi connectivity index (χ1n) is 4.76. The highest BCUT2D eigenvalue weighted by Gasteiger charge is 2.14. The van der Waals surface area contributed by atoms with Crippen molar-refractivity contribution in [2.75, 3.05) is 7.05 Å². The normalized spacial score (nSPS) is 12.3. The first-order chi connectivity index (χ1) is 7.02. The summed E-state index contributed by atoms with van der Waals surface area (Å²) in [5.41, 5.74) is 6.43. The van der Waals surface area contributed by atoms with E-state index in [0.29, 0.717) is 11.6 Å². The molecule has 0 bridgehead atoms. The minimum atomic E-state index is -0.475. The Hall–Kier alpha value is -1.06. The molecule has 0 heterocycles. The summed E-state index contributed by atoms with van der Waals surface area (Å²) < 4.78 is 0. The van der Waals surface area contributed by atoms with Gasteiger partial charge in [-0.2, -0.15) is 0 Å². The summed E-state index contributed by atoms with van der Waals surface area (Å²) in [5.74, 6) is -0.0880. The molecule has 82 valence electrons. The summed E-state index contributed by atoms with van der Waals surface area (Å²) in [7, 11) is 1.72. The van der Waals surface area contributed by atoms with Gasteiger partial charge in [0, 0.05) is 18.6 Å². The number of carbonyl (C=O) groups is 1. The van der Waals surface area contributed by atoms with Crippen molar-refractivity contribution >= 4 is 17.5 Å². The molecule has 0 aliphatic carbocycles. The van der Waals surface area contributed by atoms with Crippen LogP contribution in [-0.2, 0) is 11.3 Å². The minimum absolute atomic E-state index is 0.0880. The lowest BCUT2D eigenvalue weighted by molar-refractivity contribution is -0.131. The van der Waals surface area contributed by atoms with Crippen molar-refractivity contribution in [3.05, 3.63) is 34.9 Å². The second-order valence-corrected chi connectivity index (χ2v) is 3.98. The van der Waals surface area contributed by atoms with Gasteiger partial charge in [0.25, 0.3) is 0 Å². The molecule has 0 aromatic heterocycles. The van der Waals surface area contributed by atoms with Gasteiger partial charge in [-0.25, -0.2) is 0 Å². The van der Waals surface area contributed by atoms with E-state index in [2.05, 4.69) is 0 Å². The fourth-order valence-electron chi connectivity index (χ4n) is 1.31. The maximum absolute atomic E-state index is 11.5. The predicted octanol–water partition coefficient (Wildman–Crippen LogP) is 1.65. The van der Waals surface area contributed by atoms with Crippen LogP contribution in [-0.4, -0.2) is 23.9 Å². The molecule has 0 unspecified atom stereocenters. The highest BCUT2D eigenvalue weighted by atomic mass is 35.5. The van der Waals surface area contributed by atoms with E-state index in [-0.39, 0.29) is 5.91 Å². The van der Waals surface area contributed by atoms with Crippen LogP contribution in [0.1, 0.15) is 12.5 Å². The Morgan fingerprint density at radius 3 is 2.67 bits per heavy atom. The van der Waals surface area contributed by atoms with Crippen molar-refractivity contribution in [1.82, 2.24) is 4.90 Å². The average Bonchev–Trinajstić information content (AvgIpc) is 2.20. The van der Waals surface area contributed by atoms with Crippen LogP contribution in [0, 0.1) is 0 Å². The van der Waals surface area contributed by atoms with Gasteiger partial charge in [-0.15, -0.1) is 0 Å². The zero-order chi connectivity index (χ0) is 11.4. The fraction of sp³-hybridized carbons (Fsp3) is 0.364. The van der Waals surface area contributed by atoms with E-state index in [1.165, 1.54) is 0 Å². The number of halogens is 1. The van der Waals surface area contributed by atoms with Crippen LogP contribution in [0.3, 0.4) is 0 Å². The second kappa shape index (κ2) is 5.14. The minimum Gasteiger partial charge on any atom is -0.340 e. The molecule has 0 saturated heterocycles. The van der Waals surface area contributed by atoms with E-state index in [0.717, 1.165) is 5.56 Å². The van der Waals surface area contributed by atoms with Crippen LogP contribution in [0.25, 0.3) is 0 Å². The van der Waals surface area contributed by atoms with Crippen LogP contribution in [0.4, 0.5) is 0 Å². The molecule has 2 N–H and O–H groups in total. The van der Waals surface area contributed by atoms with E-state index < -0.39 is 6.04 Å². The molecule has 1 rings (SSSR count). The summed E-state index contributed by atoms with van der Waals surface area (Å²) in [4.78, 5) is 13.1. The SMILES string of the molecule is C[C@H](N)C(=O)N(C)Cc1ccccc1Cl. The zero-order valence-corrected chi connectivity index (χ0v) is 9.66. The number of hydrogen-bond acceptors (Lipinski definition) is 2. The number of nitrogens with two attached hydrogens (primary N) is 1. The number of nitrogens with zero attached hydrogens (tertiary/aromatic N) is 1. The third-order valence-electron chi connectivity index (χ3n) is 2.13. The Kier molecular flexibility index (Phi) is 4.12. The maximum atomic E-state index is 11.5. The van der Waals surface area contributed by atoms with E-state index in [4.69, 9.17) is 17.3 Å². The number of hydrogen-bond donors (Lipinski definition) is 1. The fourth-order valence-corrected chi connectivity index (χ4v) is 1.50. The van der Waals surface area contributed by atoms with Crippen molar-refractivity contribution in [2.45, 2.75) is 19.5 Å². The van der Waals surface area contributed by atoms with Crippen LogP contribution in [0.2, 0.25) is 5.02 Å². The standard InChI is InChI=1S/C11H15ClN2O/c1-8(13)11(15)14(2)7-9-5-3-4-6-10(9)12/h3-6,8H,7,13H2,1-2H3/t8-/m0/s1. The number of benzene rings is 1. The quantitative estimate of drug-likeness (QED) is 0.852. The van der Waals surface area contributed by atoms with Gasteiger partial charge >= 0.3 is 0 Å². The molecule has 0 spiro atoms. The average molecular weight is 227 g/mol. The number of rotatable bonds is 3. The van der Waals surface area contributed by atoms with E-state index in [9.17, 15) is 4.79 Å². The van der Waals surface area contributed by atoms with Crippen molar-refractivity contribution in [1.29, 1.82) is 0 Å². The van der Waals surface area contributed by atoms with E-state index in [1.54, 1.807) is 24.9 Å². The number of amides is 1. The molecule has 0 fully saturated rings. The molecule has 1 aromatic carbocycles. The van der Waals surface area contributed by atoms with Crippen LogP contribution in [0.5, 0.6) is 0 Å². The third-order valence-corrected chi connectivity index (χ3v) is 2.50. The summed E-state index contributed by atoms with van der Waals surface area (Å²) in [6, 6.07) is 6.98. The largest absolute Gasteiger partial charge is 0.340 e. The lowest BCUT2D eigenvalue weighted by Gasteiger charge is -2.19. The third kappa shape index (κ3) is 3.22. The molecule has 1 atom stereocenters. The van der Waals surface area contributed by atoms with E-state index >= 15 is 0 Å². The van der Waals surface area contributed by atoms with E-state index in [1.807, 2.05) is 18.2 Å². The number of carbonyl (C=O) groups excluding carboxylic acids is 1. The highest BCUT2D eigenvalue weighted by Crippen LogP contribution is 2.16. The summed E-state index contributed by atoms with van der Waals surface area (Å²) in [6.45, 7) is 2.16. The molecular weight excluding hydrogens is 212 g/mol. The molecule has 4 heteroatoms. The number of likely N-dealkylation sites (N-methyl/N-ethyl adjacent to an activating group) is 1. The molecule has 0 saturated carbocycles. The Bertz CT molecular complexity index is 352. The van der Waals surface area contributed by atoms with Gasteiger partial charge in [0.05, 0.1) is 6.04 Å². The van der Waals surface area contributed by atoms with Gasteiger partial charge < -0.3 is 10.6 Å². The topological polar surface area (TPSA) is 46.3 Å². The lowest BCUT2D eigenvalue weighted by atomic mass is 10.2. The summed E-state index contributed by atoms with van der Waals surface area (Å²) in [5, 5.41) is 0.668. The summed E-state index contributed by atoms with van der Waals surface area (Å²) >= 11 is 5.98. The van der Waals surface area contributed by atoms with Crippen molar-refractivity contribution in [3.8, 4) is 0 Å². The Labute approximate surface area is 94.8 Å². The Morgan fingerprint density at radius 1 is 1.53 bits per heavy atom. The first kappa shape index (κ1) is 12.0. The van der Waals surface area contributed by atoms with Crippen LogP contribution < -0.4 is 5.73 Å². The molecule has 1 aromatic rings. The second-order valence-electron chi connectivity index (χ2n) is 3.57. The Morgan fingerprint density at radius 2 is 2.13 bits per heavy atom. The van der Waals surface area contributed by atoms with Gasteiger partial charge in [0.15, 0.2) is 0 Å². The molecule has 3 nitrogen and oxygen atoms in total. The molecular formula is C11H15ClN2O. The summed E-state index contributed by atoms with van der Waals surface area (Å²) in [6.07, 6.45) is 0. The van der Waals surface area contributed by atoms with Gasteiger partial charge in [-0.3, -0.25) is 4.79 Å². The molecule has 0 aliphatic rings. The van der Waals surface area contributed by atoms with Gasteiger partial charge in [0.2, 0.25) is 5.91 Å². The molecule has 0 aliphatic heterocycles. The van der Waals surface area contributed by atoms with Crippen LogP contribution >= 0.6 is 11.6 Å². The van der Waals surface area contributed by atoms with Gasteiger partial charge in [0.1, 0.15) is 0 Å². The van der Waals surface area contributed by atoms with Crippen molar-refractivity contribution < 1.29 is 4.79 Å². The van der Waals surface area contributed by atoms with Crippen molar-refractivity contribution in [3.63, 3.8) is 0 Å². The predicted molar refractivity (Wildman–Crippen MR) is 61.6 cm³/mol. The molecule has 1 amide bonds. The maximum Gasteiger partial charge on any atom is 0.239 e. The van der Waals surface area contributed by atoms with Gasteiger partial charge in [-0.05, 0) is 18.6 Å². The van der Waals surface area contributed by atoms with Gasteiger partial charge in [-0.1, -0.05) is 29.8 Å². The highest BCUT2D eigenvalue weighted by molar-refractivity contribution is 6.31. The molecule has 0 radical (unpaired) electrons. The van der Waals surface area contributed by atoms with Crippen LogP contribution in [0.15, 0.2) is 24.3 Å². The molecule has 15 heavy (non-hydrogen) atoms. The monoisotopic (exact) mass is 226 g/mol. The smallest absolute Gasteiger partial charge is 0.239 e. The first-order valence-corrected chi connectivity index (χ1v) is 5.14. The van der Waals surface area contributed by atoms with Crippen molar-refractivity contribution in [2.24, 2.45) is 5.73 Å².